The van der Waals surface area contributed by atoms with Gasteiger partial charge in [0.2, 0.25) is 0 Å². The van der Waals surface area contributed by atoms with Crippen LogP contribution >= 0.6 is 0 Å². The minimum atomic E-state index is 0.178. The van der Waals surface area contributed by atoms with Crippen LogP contribution in [0.2, 0.25) is 0 Å². The first-order valence-electron chi connectivity index (χ1n) is 6.89. The maximum Gasteiger partial charge on any atom is 0.0925 e. The molecule has 2 nitrogen and oxygen atoms in total. The monoisotopic (exact) mass is 236 g/mol. The van der Waals surface area contributed by atoms with E-state index < -0.39 is 0 Å². The molecular formula is C15H28N2. The van der Waals surface area contributed by atoms with E-state index in [4.69, 9.17) is 0 Å². The number of hydrogen-bond donors (Lipinski definition) is 1. The van der Waals surface area contributed by atoms with Crippen LogP contribution in [0.3, 0.4) is 0 Å². The largest absolute Gasteiger partial charge is 0.348 e. The summed E-state index contributed by atoms with van der Waals surface area (Å²) in [5.74, 6) is 0. The molecule has 0 atom stereocenters. The molecule has 98 valence electrons. The lowest BCUT2D eigenvalue weighted by Gasteiger charge is -2.29. The smallest absolute Gasteiger partial charge is 0.0925 e. The van der Waals surface area contributed by atoms with Crippen LogP contribution < -0.4 is 0 Å². The fraction of sp³-hybridized carbons (Fsp3) is 0.800. The van der Waals surface area contributed by atoms with E-state index in [1.165, 1.54) is 30.7 Å². The van der Waals surface area contributed by atoms with Gasteiger partial charge in [-0.15, -0.1) is 0 Å². The van der Waals surface area contributed by atoms with E-state index >= 15 is 0 Å². The summed E-state index contributed by atoms with van der Waals surface area (Å²) in [7, 11) is 0. The van der Waals surface area contributed by atoms with Crippen molar-refractivity contribution in [2.75, 3.05) is 0 Å². The zero-order valence-electron chi connectivity index (χ0n) is 12.4. The molecule has 1 aromatic heterocycles. The van der Waals surface area contributed by atoms with Gasteiger partial charge in [-0.1, -0.05) is 54.4 Å². The van der Waals surface area contributed by atoms with Gasteiger partial charge in [0.05, 0.1) is 12.0 Å². The lowest BCUT2D eigenvalue weighted by atomic mass is 9.76. The van der Waals surface area contributed by atoms with Crippen molar-refractivity contribution in [3.05, 3.63) is 17.7 Å². The first kappa shape index (κ1) is 14.3. The molecule has 2 heteroatoms. The van der Waals surface area contributed by atoms with Gasteiger partial charge < -0.3 is 4.98 Å². The molecule has 17 heavy (non-hydrogen) atoms. The fourth-order valence-corrected chi connectivity index (χ4v) is 2.24. The third-order valence-corrected chi connectivity index (χ3v) is 4.00. The van der Waals surface area contributed by atoms with Gasteiger partial charge in [0.25, 0.3) is 0 Å². The highest BCUT2D eigenvalue weighted by atomic mass is 14.9. The van der Waals surface area contributed by atoms with Crippen LogP contribution in [-0.2, 0) is 10.8 Å². The van der Waals surface area contributed by atoms with E-state index in [9.17, 15) is 0 Å². The Hall–Kier alpha value is -0.790. The molecule has 0 aliphatic rings. The van der Waals surface area contributed by atoms with Crippen molar-refractivity contribution in [3.63, 3.8) is 0 Å². The minimum absolute atomic E-state index is 0.178. The second-order valence-corrected chi connectivity index (χ2v) is 6.35. The Morgan fingerprint density at radius 1 is 1.12 bits per heavy atom. The van der Waals surface area contributed by atoms with Crippen LogP contribution in [-0.4, -0.2) is 9.97 Å². The number of aromatic amines is 1. The molecule has 0 bridgehead atoms. The normalized spacial score (nSPS) is 13.1. The van der Waals surface area contributed by atoms with E-state index in [2.05, 4.69) is 51.5 Å². The van der Waals surface area contributed by atoms with Crippen LogP contribution in [0, 0.1) is 0 Å². The second kappa shape index (κ2) is 5.24. The molecule has 0 unspecified atom stereocenters. The molecule has 1 heterocycles. The summed E-state index contributed by atoms with van der Waals surface area (Å²) < 4.78 is 0. The Bertz CT molecular complexity index is 348. The van der Waals surface area contributed by atoms with Gasteiger partial charge >= 0.3 is 0 Å². The molecule has 0 radical (unpaired) electrons. The lowest BCUT2D eigenvalue weighted by Crippen LogP contribution is -2.26. The van der Waals surface area contributed by atoms with Crippen molar-refractivity contribution in [1.29, 1.82) is 0 Å². The maximum atomic E-state index is 4.60. The van der Waals surface area contributed by atoms with Crippen LogP contribution in [0.1, 0.15) is 78.6 Å². The number of nitrogens with one attached hydrogen (secondary N) is 1. The molecular weight excluding hydrogens is 208 g/mol. The first-order valence-corrected chi connectivity index (χ1v) is 6.89. The number of rotatable bonds is 6. The van der Waals surface area contributed by atoms with Gasteiger partial charge in [0, 0.05) is 16.5 Å². The van der Waals surface area contributed by atoms with Gasteiger partial charge in [0.15, 0.2) is 0 Å². The van der Waals surface area contributed by atoms with E-state index in [-0.39, 0.29) is 10.8 Å². The third-order valence-electron chi connectivity index (χ3n) is 4.00. The average Bonchev–Trinajstić information content (AvgIpc) is 2.76. The van der Waals surface area contributed by atoms with Crippen LogP contribution in [0.15, 0.2) is 6.33 Å². The molecule has 0 saturated heterocycles. The number of H-pyrrole nitrogens is 1. The summed E-state index contributed by atoms with van der Waals surface area (Å²) in [5.41, 5.74) is 2.95. The number of unbranched alkanes of at least 4 members (excludes halogenated alkanes) is 1. The van der Waals surface area contributed by atoms with E-state index in [1.807, 2.05) is 6.33 Å². The topological polar surface area (TPSA) is 28.7 Å². The number of nitrogens with zero attached hydrogens (tertiary/aromatic N) is 1. The SMILES string of the molecule is CCCCC(C)(C)c1nc[nH]c1C(C)(C)CC. The van der Waals surface area contributed by atoms with E-state index in [0.29, 0.717) is 0 Å². The van der Waals surface area contributed by atoms with Crippen LogP contribution in [0.25, 0.3) is 0 Å². The molecule has 1 rings (SSSR count). The molecule has 0 aliphatic heterocycles. The predicted molar refractivity (Wildman–Crippen MR) is 74.5 cm³/mol. The Labute approximate surface area is 106 Å². The zero-order valence-corrected chi connectivity index (χ0v) is 12.4. The highest BCUT2D eigenvalue weighted by Crippen LogP contribution is 2.36. The summed E-state index contributed by atoms with van der Waals surface area (Å²) in [4.78, 5) is 7.97. The van der Waals surface area contributed by atoms with Crippen LogP contribution in [0.4, 0.5) is 0 Å². The van der Waals surface area contributed by atoms with Crippen molar-refractivity contribution in [3.8, 4) is 0 Å². The second-order valence-electron chi connectivity index (χ2n) is 6.35. The zero-order chi connectivity index (χ0) is 13.1. The molecule has 1 aromatic rings. The number of imidazole rings is 1. The molecule has 0 aromatic carbocycles. The summed E-state index contributed by atoms with van der Waals surface area (Å²) >= 11 is 0. The maximum absolute atomic E-state index is 4.60. The van der Waals surface area contributed by atoms with Crippen molar-refractivity contribution < 1.29 is 0 Å². The lowest BCUT2D eigenvalue weighted by molar-refractivity contribution is 0.418. The first-order chi connectivity index (χ1) is 7.85. The Morgan fingerprint density at radius 2 is 1.76 bits per heavy atom. The minimum Gasteiger partial charge on any atom is -0.348 e. The Morgan fingerprint density at radius 3 is 2.29 bits per heavy atom. The van der Waals surface area contributed by atoms with E-state index in [1.54, 1.807) is 0 Å². The molecule has 0 spiro atoms. The predicted octanol–water partition coefficient (Wildman–Crippen LogP) is 4.57. The molecule has 0 aliphatic carbocycles. The van der Waals surface area contributed by atoms with Gasteiger partial charge in [-0.05, 0) is 12.8 Å². The number of hydrogen-bond acceptors (Lipinski definition) is 1. The van der Waals surface area contributed by atoms with Gasteiger partial charge in [-0.25, -0.2) is 4.98 Å². The summed E-state index contributed by atoms with van der Waals surface area (Å²) in [6, 6.07) is 0. The summed E-state index contributed by atoms with van der Waals surface area (Å²) in [5, 5.41) is 0. The molecule has 0 fully saturated rings. The molecule has 0 amide bonds. The number of aromatic nitrogens is 2. The van der Waals surface area contributed by atoms with Crippen molar-refractivity contribution in [1.82, 2.24) is 9.97 Å². The van der Waals surface area contributed by atoms with Crippen molar-refractivity contribution in [2.24, 2.45) is 0 Å². The van der Waals surface area contributed by atoms with Crippen molar-refractivity contribution in [2.45, 2.75) is 78.1 Å². The Kier molecular flexibility index (Phi) is 4.40. The van der Waals surface area contributed by atoms with Gasteiger partial charge in [-0.3, -0.25) is 0 Å². The van der Waals surface area contributed by atoms with Gasteiger partial charge in [-0.2, -0.15) is 0 Å². The highest BCUT2D eigenvalue weighted by Gasteiger charge is 2.31. The standard InChI is InChI=1S/C15H28N2/c1-7-9-10-15(5,6)13-12(16-11-17-13)14(3,4)8-2/h11H,7-10H2,1-6H3,(H,16,17). The quantitative estimate of drug-likeness (QED) is 0.770. The summed E-state index contributed by atoms with van der Waals surface area (Å²) in [6.45, 7) is 13.7. The summed E-state index contributed by atoms with van der Waals surface area (Å²) in [6.07, 6.45) is 6.72. The van der Waals surface area contributed by atoms with Crippen molar-refractivity contribution >= 4 is 0 Å². The average molecular weight is 236 g/mol. The molecule has 1 N–H and O–H groups in total. The van der Waals surface area contributed by atoms with E-state index in [0.717, 1.165) is 6.42 Å². The Balaban J connectivity index is 3.03. The highest BCUT2D eigenvalue weighted by molar-refractivity contribution is 5.27. The van der Waals surface area contributed by atoms with Gasteiger partial charge in [0.1, 0.15) is 0 Å². The van der Waals surface area contributed by atoms with Crippen LogP contribution in [0.5, 0.6) is 0 Å². The molecule has 0 saturated carbocycles. The fourth-order valence-electron chi connectivity index (χ4n) is 2.24. The third kappa shape index (κ3) is 3.11.